The molecule has 184 valence electrons. The van der Waals surface area contributed by atoms with Gasteiger partial charge in [0.2, 0.25) is 11.8 Å². The van der Waals surface area contributed by atoms with Crippen LogP contribution in [0.3, 0.4) is 0 Å². The first-order valence-electron chi connectivity index (χ1n) is 11.9. The third-order valence-electron chi connectivity index (χ3n) is 6.22. The Morgan fingerprint density at radius 3 is 2.36 bits per heavy atom. The van der Waals surface area contributed by atoms with Crippen molar-refractivity contribution in [2.45, 2.75) is 13.5 Å². The number of nitrogens with one attached hydrogen (secondary N) is 1. The number of rotatable bonds is 7. The van der Waals surface area contributed by atoms with E-state index in [9.17, 15) is 4.79 Å². The average Bonchev–Trinajstić information content (AvgIpc) is 3.30. The number of anilines is 2. The van der Waals surface area contributed by atoms with Crippen LogP contribution >= 0.6 is 0 Å². The van der Waals surface area contributed by atoms with Gasteiger partial charge in [-0.05, 0) is 61.5 Å². The van der Waals surface area contributed by atoms with Gasteiger partial charge in [-0.1, -0.05) is 0 Å². The number of carbonyl (C=O) groups is 1. The number of carbonyl (C=O) groups excluding carboxylic acids is 1. The number of benzene rings is 2. The normalized spacial score (nSPS) is 14.0. The van der Waals surface area contributed by atoms with E-state index in [4.69, 9.17) is 14.1 Å². The predicted octanol–water partition coefficient (Wildman–Crippen LogP) is 4.02. The van der Waals surface area contributed by atoms with Gasteiger partial charge in [0.1, 0.15) is 11.5 Å². The van der Waals surface area contributed by atoms with Crippen LogP contribution in [0.2, 0.25) is 0 Å². The lowest BCUT2D eigenvalue weighted by Gasteiger charge is -2.34. The van der Waals surface area contributed by atoms with Gasteiger partial charge < -0.3 is 19.4 Å². The van der Waals surface area contributed by atoms with Crippen molar-refractivity contribution in [2.75, 3.05) is 43.5 Å². The highest BCUT2D eigenvalue weighted by atomic mass is 16.5. The molecule has 0 saturated carbocycles. The topological polar surface area (TPSA) is 96.6 Å². The molecule has 1 N–H and O–H groups in total. The molecule has 9 nitrogen and oxygen atoms in total. The molecule has 1 aliphatic heterocycles. The maximum absolute atomic E-state index is 12.6. The van der Waals surface area contributed by atoms with Crippen LogP contribution < -0.4 is 15.0 Å². The van der Waals surface area contributed by atoms with E-state index in [1.807, 2.05) is 25.1 Å². The summed E-state index contributed by atoms with van der Waals surface area (Å²) in [5.74, 6) is 2.69. The lowest BCUT2D eigenvalue weighted by atomic mass is 10.1. The molecule has 5 rings (SSSR count). The number of amides is 1. The van der Waals surface area contributed by atoms with E-state index in [0.29, 0.717) is 17.1 Å². The zero-order valence-electron chi connectivity index (χ0n) is 20.3. The first-order valence-corrected chi connectivity index (χ1v) is 11.9. The molecule has 36 heavy (non-hydrogen) atoms. The van der Waals surface area contributed by atoms with Crippen LogP contribution in [0, 0.1) is 6.92 Å². The van der Waals surface area contributed by atoms with Crippen molar-refractivity contribution in [3.8, 4) is 17.2 Å². The number of ether oxygens (including phenoxy) is 1. The number of aryl methyl sites for hydroxylation is 1. The van der Waals surface area contributed by atoms with Crippen molar-refractivity contribution in [2.24, 2.45) is 0 Å². The number of hydrogen-bond donors (Lipinski definition) is 1. The first-order chi connectivity index (χ1) is 17.6. The third-order valence-corrected chi connectivity index (χ3v) is 6.22. The highest BCUT2D eigenvalue weighted by molar-refractivity contribution is 6.04. The monoisotopic (exact) mass is 484 g/mol. The number of hydrogen-bond acceptors (Lipinski definition) is 8. The molecule has 1 amide bonds. The average molecular weight is 485 g/mol. The van der Waals surface area contributed by atoms with Gasteiger partial charge in [-0.3, -0.25) is 9.69 Å². The highest BCUT2D eigenvalue weighted by Crippen LogP contribution is 2.24. The second kappa shape index (κ2) is 10.6. The van der Waals surface area contributed by atoms with Gasteiger partial charge in [0, 0.05) is 61.9 Å². The fourth-order valence-electron chi connectivity index (χ4n) is 4.11. The maximum Gasteiger partial charge on any atom is 0.255 e. The number of aromatic nitrogens is 3. The summed E-state index contributed by atoms with van der Waals surface area (Å²) in [7, 11) is 1.61. The Kier molecular flexibility index (Phi) is 6.90. The zero-order valence-corrected chi connectivity index (χ0v) is 20.3. The molecule has 2 aromatic carbocycles. The first kappa shape index (κ1) is 23.5. The Morgan fingerprint density at radius 2 is 1.69 bits per heavy atom. The zero-order chi connectivity index (χ0) is 24.9. The predicted molar refractivity (Wildman–Crippen MR) is 137 cm³/mol. The van der Waals surface area contributed by atoms with Gasteiger partial charge in [0.25, 0.3) is 5.91 Å². The fourth-order valence-corrected chi connectivity index (χ4v) is 4.11. The summed E-state index contributed by atoms with van der Waals surface area (Å²) in [4.78, 5) is 30.6. The molecule has 0 bridgehead atoms. The van der Waals surface area contributed by atoms with Crippen LogP contribution in [0.25, 0.3) is 11.5 Å². The standard InChI is InChI=1S/C27H28N6O3/c1-19-24(18-32-14-16-33(17-15-32)27-28-12-3-13-29-27)31-26(36-19)21-6-4-20(5-7-21)25(34)30-22-8-10-23(35-2)11-9-22/h3-13H,14-18H2,1-2H3,(H,30,34). The summed E-state index contributed by atoms with van der Waals surface area (Å²) in [6.45, 7) is 6.20. The van der Waals surface area contributed by atoms with E-state index in [1.54, 1.807) is 55.9 Å². The number of nitrogens with zero attached hydrogens (tertiary/aromatic N) is 5. The molecule has 4 aromatic rings. The Labute approximate surface area is 209 Å². The molecule has 0 atom stereocenters. The molecule has 0 radical (unpaired) electrons. The van der Waals surface area contributed by atoms with Crippen molar-refractivity contribution in [3.63, 3.8) is 0 Å². The van der Waals surface area contributed by atoms with Crippen LogP contribution in [0.1, 0.15) is 21.8 Å². The van der Waals surface area contributed by atoms with Gasteiger partial charge in [0.15, 0.2) is 0 Å². The second-order valence-corrected chi connectivity index (χ2v) is 8.59. The summed E-state index contributed by atoms with van der Waals surface area (Å²) >= 11 is 0. The highest BCUT2D eigenvalue weighted by Gasteiger charge is 2.21. The SMILES string of the molecule is COc1ccc(NC(=O)c2ccc(-c3nc(CN4CCN(c5ncccn5)CC4)c(C)o3)cc2)cc1. The van der Waals surface area contributed by atoms with Crippen molar-refractivity contribution < 1.29 is 13.9 Å². The van der Waals surface area contributed by atoms with Crippen LogP contribution in [0.15, 0.2) is 71.4 Å². The smallest absolute Gasteiger partial charge is 0.255 e. The van der Waals surface area contributed by atoms with E-state index in [-0.39, 0.29) is 5.91 Å². The van der Waals surface area contributed by atoms with Crippen LogP contribution in [0.4, 0.5) is 11.6 Å². The van der Waals surface area contributed by atoms with Gasteiger partial charge in [-0.15, -0.1) is 0 Å². The molecule has 0 spiro atoms. The minimum atomic E-state index is -0.184. The number of piperazine rings is 1. The molecule has 1 saturated heterocycles. The minimum Gasteiger partial charge on any atom is -0.497 e. The Morgan fingerprint density at radius 1 is 1.00 bits per heavy atom. The third kappa shape index (κ3) is 5.36. The fraction of sp³-hybridized carbons (Fsp3) is 0.259. The molecular formula is C27H28N6O3. The summed E-state index contributed by atoms with van der Waals surface area (Å²) in [5, 5.41) is 2.89. The van der Waals surface area contributed by atoms with Crippen LogP contribution in [-0.4, -0.2) is 59.0 Å². The molecule has 1 aliphatic rings. The Hall–Kier alpha value is -4.24. The Bertz CT molecular complexity index is 1300. The van der Waals surface area contributed by atoms with Gasteiger partial charge in [-0.2, -0.15) is 0 Å². The second-order valence-electron chi connectivity index (χ2n) is 8.59. The van der Waals surface area contributed by atoms with E-state index in [0.717, 1.165) is 61.4 Å². The Balaban J connectivity index is 1.19. The van der Waals surface area contributed by atoms with Gasteiger partial charge >= 0.3 is 0 Å². The molecule has 0 unspecified atom stereocenters. The summed E-state index contributed by atoms with van der Waals surface area (Å²) < 4.78 is 11.1. The van der Waals surface area contributed by atoms with Crippen molar-refractivity contribution in [1.29, 1.82) is 0 Å². The number of oxazole rings is 1. The van der Waals surface area contributed by atoms with Gasteiger partial charge in [-0.25, -0.2) is 15.0 Å². The molecule has 2 aromatic heterocycles. The molecule has 1 fully saturated rings. The van der Waals surface area contributed by atoms with Crippen molar-refractivity contribution in [1.82, 2.24) is 19.9 Å². The number of methoxy groups -OCH3 is 1. The lowest BCUT2D eigenvalue weighted by molar-refractivity contribution is 0.102. The summed E-state index contributed by atoms with van der Waals surface area (Å²) in [5.41, 5.74) is 3.01. The van der Waals surface area contributed by atoms with E-state index in [1.165, 1.54) is 0 Å². The molecule has 3 heterocycles. The molecular weight excluding hydrogens is 456 g/mol. The molecule has 9 heteroatoms. The van der Waals surface area contributed by atoms with Crippen LogP contribution in [-0.2, 0) is 6.54 Å². The van der Waals surface area contributed by atoms with Crippen LogP contribution in [0.5, 0.6) is 5.75 Å². The van der Waals surface area contributed by atoms with Gasteiger partial charge in [0.05, 0.1) is 12.8 Å². The van der Waals surface area contributed by atoms with E-state index < -0.39 is 0 Å². The largest absolute Gasteiger partial charge is 0.497 e. The summed E-state index contributed by atoms with van der Waals surface area (Å²) in [6, 6.07) is 16.3. The minimum absolute atomic E-state index is 0.184. The molecule has 0 aliphatic carbocycles. The quantitative estimate of drug-likeness (QED) is 0.420. The van der Waals surface area contributed by atoms with E-state index in [2.05, 4.69) is 25.1 Å². The summed E-state index contributed by atoms with van der Waals surface area (Å²) in [6.07, 6.45) is 3.55. The van der Waals surface area contributed by atoms with E-state index >= 15 is 0 Å². The van der Waals surface area contributed by atoms with Crippen molar-refractivity contribution >= 4 is 17.5 Å². The van der Waals surface area contributed by atoms with Crippen molar-refractivity contribution in [3.05, 3.63) is 84.0 Å². The lowest BCUT2D eigenvalue weighted by Crippen LogP contribution is -2.46. The maximum atomic E-state index is 12.6.